The Labute approximate surface area is 88.0 Å². The average molecular weight is 199 g/mol. The van der Waals surface area contributed by atoms with Gasteiger partial charge in [0.05, 0.1) is 0 Å². The lowest BCUT2D eigenvalue weighted by atomic mass is 9.86. The highest BCUT2D eigenvalue weighted by atomic mass is 14.8. The molecule has 3 N–H and O–H groups in total. The Kier molecular flexibility index (Phi) is 1.86. The Morgan fingerprint density at radius 3 is 3.07 bits per heavy atom. The fourth-order valence-corrected chi connectivity index (χ4v) is 2.06. The highest BCUT2D eigenvalue weighted by Gasteiger charge is 2.18. The number of fused-ring (bicyclic) bond motifs is 1. The predicted octanol–water partition coefficient (Wildman–Crippen LogP) is 2.07. The summed E-state index contributed by atoms with van der Waals surface area (Å²) in [5.74, 6) is 0. The van der Waals surface area contributed by atoms with Crippen LogP contribution >= 0.6 is 0 Å². The molecule has 3 heteroatoms. The third-order valence-electron chi connectivity index (χ3n) is 2.90. The maximum absolute atomic E-state index is 5.76. The Hall–Kier alpha value is -1.61. The van der Waals surface area contributed by atoms with Crippen molar-refractivity contribution >= 4 is 17.1 Å². The summed E-state index contributed by atoms with van der Waals surface area (Å²) in [5, 5.41) is 1.19. The number of nitrogens with zero attached hydrogens (tertiary/aromatic N) is 1. The van der Waals surface area contributed by atoms with Crippen LogP contribution in [0.15, 0.2) is 30.1 Å². The minimum atomic E-state index is 0.375. The van der Waals surface area contributed by atoms with Crippen molar-refractivity contribution in [3.05, 3.63) is 35.7 Å². The van der Waals surface area contributed by atoms with Gasteiger partial charge in [-0.2, -0.15) is 0 Å². The topological polar surface area (TPSA) is 54.7 Å². The van der Waals surface area contributed by atoms with Crippen LogP contribution in [0.2, 0.25) is 0 Å². The largest absolute Gasteiger partial charge is 0.346 e. The third kappa shape index (κ3) is 1.45. The van der Waals surface area contributed by atoms with Gasteiger partial charge in [-0.05, 0) is 30.5 Å². The summed E-state index contributed by atoms with van der Waals surface area (Å²) >= 11 is 0. The molecule has 1 aliphatic carbocycles. The third-order valence-corrected chi connectivity index (χ3v) is 2.90. The lowest BCUT2D eigenvalue weighted by Gasteiger charge is -2.25. The van der Waals surface area contributed by atoms with E-state index in [1.54, 1.807) is 0 Å². The normalized spacial score (nSPS) is 20.3. The molecular weight excluding hydrogens is 186 g/mol. The fraction of sp³-hybridized carbons (Fsp3) is 0.250. The SMILES string of the molecule is NC1CC(=Cc2ccnc3[nH]ccc23)C1. The highest BCUT2D eigenvalue weighted by molar-refractivity contribution is 5.86. The van der Waals surface area contributed by atoms with Crippen LogP contribution < -0.4 is 5.73 Å². The molecule has 0 spiro atoms. The highest BCUT2D eigenvalue weighted by Crippen LogP contribution is 2.28. The van der Waals surface area contributed by atoms with E-state index in [0.29, 0.717) is 6.04 Å². The fourth-order valence-electron chi connectivity index (χ4n) is 2.06. The molecule has 1 saturated carbocycles. The van der Waals surface area contributed by atoms with Gasteiger partial charge in [-0.3, -0.25) is 0 Å². The van der Waals surface area contributed by atoms with E-state index in [-0.39, 0.29) is 0 Å². The van der Waals surface area contributed by atoms with Crippen LogP contribution in [0.5, 0.6) is 0 Å². The molecule has 0 saturated heterocycles. The van der Waals surface area contributed by atoms with Gasteiger partial charge in [-0.1, -0.05) is 11.6 Å². The Bertz CT molecular complexity index is 516. The molecule has 0 atom stereocenters. The molecule has 2 heterocycles. The zero-order chi connectivity index (χ0) is 10.3. The van der Waals surface area contributed by atoms with E-state index >= 15 is 0 Å². The van der Waals surface area contributed by atoms with Crippen LogP contribution in [0.4, 0.5) is 0 Å². The smallest absolute Gasteiger partial charge is 0.137 e. The van der Waals surface area contributed by atoms with Crippen molar-refractivity contribution < 1.29 is 0 Å². The van der Waals surface area contributed by atoms with Crippen LogP contribution in [0.1, 0.15) is 18.4 Å². The molecule has 0 aromatic carbocycles. The van der Waals surface area contributed by atoms with Gasteiger partial charge in [-0.15, -0.1) is 0 Å². The lowest BCUT2D eigenvalue weighted by molar-refractivity contribution is 0.547. The van der Waals surface area contributed by atoms with Crippen molar-refractivity contribution in [1.82, 2.24) is 9.97 Å². The van der Waals surface area contributed by atoms with Crippen LogP contribution in [0.25, 0.3) is 17.1 Å². The van der Waals surface area contributed by atoms with Gasteiger partial charge in [0.25, 0.3) is 0 Å². The number of aromatic nitrogens is 2. The first-order valence-corrected chi connectivity index (χ1v) is 5.20. The molecule has 0 radical (unpaired) electrons. The van der Waals surface area contributed by atoms with E-state index in [9.17, 15) is 0 Å². The average Bonchev–Trinajstić information content (AvgIpc) is 2.64. The van der Waals surface area contributed by atoms with Crippen molar-refractivity contribution in [2.75, 3.05) is 0 Å². The van der Waals surface area contributed by atoms with Crippen molar-refractivity contribution in [2.45, 2.75) is 18.9 Å². The molecule has 0 aliphatic heterocycles. The van der Waals surface area contributed by atoms with Crippen molar-refractivity contribution in [3.8, 4) is 0 Å². The first-order chi connectivity index (χ1) is 7.33. The first kappa shape index (κ1) is 8.68. The molecule has 1 aliphatic rings. The minimum absolute atomic E-state index is 0.375. The molecular formula is C12H13N3. The van der Waals surface area contributed by atoms with Crippen LogP contribution in [0, 0.1) is 0 Å². The second-order valence-electron chi connectivity index (χ2n) is 4.11. The van der Waals surface area contributed by atoms with Crippen LogP contribution in [-0.4, -0.2) is 16.0 Å². The molecule has 2 aromatic heterocycles. The molecule has 3 nitrogen and oxygen atoms in total. The van der Waals surface area contributed by atoms with Gasteiger partial charge in [0, 0.05) is 23.8 Å². The zero-order valence-electron chi connectivity index (χ0n) is 8.40. The molecule has 3 rings (SSSR count). The molecule has 1 fully saturated rings. The summed E-state index contributed by atoms with van der Waals surface area (Å²) in [6, 6.07) is 4.49. The Morgan fingerprint density at radius 1 is 1.40 bits per heavy atom. The standard InChI is InChI=1S/C12H13N3/c13-10-6-8(7-10)5-9-1-3-14-12-11(9)2-4-15-12/h1-5,10H,6-7,13H2,(H,14,15). The number of nitrogens with two attached hydrogens (primary N) is 1. The van der Waals surface area contributed by atoms with Crippen LogP contribution in [-0.2, 0) is 0 Å². The summed E-state index contributed by atoms with van der Waals surface area (Å²) in [5.41, 5.74) is 9.39. The molecule has 15 heavy (non-hydrogen) atoms. The monoisotopic (exact) mass is 199 g/mol. The molecule has 2 aromatic rings. The zero-order valence-corrected chi connectivity index (χ0v) is 8.40. The van der Waals surface area contributed by atoms with Crippen molar-refractivity contribution in [3.63, 3.8) is 0 Å². The quantitative estimate of drug-likeness (QED) is 0.738. The summed E-state index contributed by atoms with van der Waals surface area (Å²) < 4.78 is 0. The summed E-state index contributed by atoms with van der Waals surface area (Å²) in [7, 11) is 0. The number of aromatic amines is 1. The molecule has 76 valence electrons. The van der Waals surface area contributed by atoms with Gasteiger partial charge in [0.2, 0.25) is 0 Å². The Balaban J connectivity index is 2.04. The summed E-state index contributed by atoms with van der Waals surface area (Å²) in [6.45, 7) is 0. The second kappa shape index (κ2) is 3.21. The minimum Gasteiger partial charge on any atom is -0.346 e. The molecule has 0 unspecified atom stereocenters. The van der Waals surface area contributed by atoms with E-state index in [4.69, 9.17) is 5.73 Å². The number of hydrogen-bond donors (Lipinski definition) is 2. The van der Waals surface area contributed by atoms with Gasteiger partial charge >= 0.3 is 0 Å². The number of pyridine rings is 1. The summed E-state index contributed by atoms with van der Waals surface area (Å²) in [6.07, 6.45) is 8.07. The van der Waals surface area contributed by atoms with E-state index in [0.717, 1.165) is 18.5 Å². The predicted molar refractivity (Wildman–Crippen MR) is 61.3 cm³/mol. The first-order valence-electron chi connectivity index (χ1n) is 5.20. The molecule has 0 amide bonds. The van der Waals surface area contributed by atoms with E-state index in [2.05, 4.69) is 22.1 Å². The van der Waals surface area contributed by atoms with Gasteiger partial charge in [0.15, 0.2) is 0 Å². The van der Waals surface area contributed by atoms with Crippen molar-refractivity contribution in [2.24, 2.45) is 5.73 Å². The number of rotatable bonds is 1. The number of H-pyrrole nitrogens is 1. The van der Waals surface area contributed by atoms with E-state index in [1.807, 2.05) is 18.5 Å². The lowest BCUT2D eigenvalue weighted by Crippen LogP contribution is -2.29. The van der Waals surface area contributed by atoms with E-state index in [1.165, 1.54) is 16.5 Å². The van der Waals surface area contributed by atoms with Crippen molar-refractivity contribution in [1.29, 1.82) is 0 Å². The van der Waals surface area contributed by atoms with Gasteiger partial charge in [0.1, 0.15) is 5.65 Å². The maximum Gasteiger partial charge on any atom is 0.137 e. The maximum atomic E-state index is 5.76. The Morgan fingerprint density at radius 2 is 2.27 bits per heavy atom. The van der Waals surface area contributed by atoms with E-state index < -0.39 is 0 Å². The second-order valence-corrected chi connectivity index (χ2v) is 4.11. The number of hydrogen-bond acceptors (Lipinski definition) is 2. The van der Waals surface area contributed by atoms with Crippen LogP contribution in [0.3, 0.4) is 0 Å². The van der Waals surface area contributed by atoms with Gasteiger partial charge < -0.3 is 10.7 Å². The molecule has 0 bridgehead atoms. The van der Waals surface area contributed by atoms with Gasteiger partial charge in [-0.25, -0.2) is 4.98 Å². The summed E-state index contributed by atoms with van der Waals surface area (Å²) in [4.78, 5) is 7.37. The number of nitrogens with one attached hydrogen (secondary N) is 1.